The minimum Gasteiger partial charge on any atom is -0.318 e. The predicted molar refractivity (Wildman–Crippen MR) is 60.5 cm³/mol. The van der Waals surface area contributed by atoms with Crippen molar-refractivity contribution >= 4 is 0 Å². The van der Waals surface area contributed by atoms with E-state index < -0.39 is 0 Å². The molecule has 1 aromatic heterocycles. The fourth-order valence-corrected chi connectivity index (χ4v) is 1.52. The Morgan fingerprint density at radius 1 is 1.47 bits per heavy atom. The Kier molecular flexibility index (Phi) is 5.28. The van der Waals surface area contributed by atoms with Gasteiger partial charge in [0.25, 0.3) is 0 Å². The Hall–Kier alpha value is -0.940. The monoisotopic (exact) mass is 211 g/mol. The first-order chi connectivity index (χ1) is 7.27. The highest BCUT2D eigenvalue weighted by Gasteiger charge is 2.07. The maximum atomic E-state index is 4.24. The second-order valence-corrected chi connectivity index (χ2v) is 3.68. The zero-order chi connectivity index (χ0) is 11.1. The van der Waals surface area contributed by atoms with Crippen molar-refractivity contribution in [3.63, 3.8) is 0 Å². The molecule has 5 heteroatoms. The van der Waals surface area contributed by atoms with Crippen molar-refractivity contribution in [3.8, 4) is 0 Å². The minimum absolute atomic E-state index is 0.881. The molecule has 0 aliphatic heterocycles. The maximum absolute atomic E-state index is 4.24. The predicted octanol–water partition coefficient (Wildman–Crippen LogP) is 0.246. The van der Waals surface area contributed by atoms with E-state index in [2.05, 4.69) is 27.2 Å². The molecule has 0 radical (unpaired) electrons. The summed E-state index contributed by atoms with van der Waals surface area (Å²) in [5, 5.41) is 7.24. The van der Waals surface area contributed by atoms with E-state index in [0.717, 1.165) is 32.0 Å². The van der Waals surface area contributed by atoms with E-state index in [4.69, 9.17) is 0 Å². The van der Waals surface area contributed by atoms with Gasteiger partial charge in [-0.25, -0.2) is 4.98 Å². The Labute approximate surface area is 91.5 Å². The van der Waals surface area contributed by atoms with Crippen LogP contribution in [0.25, 0.3) is 0 Å². The van der Waals surface area contributed by atoms with Gasteiger partial charge in [-0.1, -0.05) is 6.92 Å². The molecular weight excluding hydrogens is 190 g/mol. The second kappa shape index (κ2) is 6.53. The fraction of sp³-hybridized carbons (Fsp3) is 0.800. The van der Waals surface area contributed by atoms with Gasteiger partial charge < -0.3 is 5.32 Å². The molecule has 0 saturated heterocycles. The zero-order valence-corrected chi connectivity index (χ0v) is 9.90. The van der Waals surface area contributed by atoms with Crippen LogP contribution >= 0.6 is 0 Å². The van der Waals surface area contributed by atoms with Gasteiger partial charge >= 0.3 is 0 Å². The molecule has 1 N–H and O–H groups in total. The summed E-state index contributed by atoms with van der Waals surface area (Å²) in [6.07, 6.45) is 2.78. The Bertz CT molecular complexity index is 271. The van der Waals surface area contributed by atoms with Crippen LogP contribution in [0.5, 0.6) is 0 Å². The van der Waals surface area contributed by atoms with Crippen LogP contribution in [-0.4, -0.2) is 46.3 Å². The average molecular weight is 211 g/mol. The third kappa shape index (κ3) is 3.97. The molecule has 0 fully saturated rings. The van der Waals surface area contributed by atoms with Gasteiger partial charge in [-0.05, 0) is 20.0 Å². The number of aryl methyl sites for hydroxylation is 1. The molecule has 5 nitrogen and oxygen atoms in total. The molecule has 0 bridgehead atoms. The van der Waals surface area contributed by atoms with Crippen molar-refractivity contribution in [2.75, 3.05) is 26.7 Å². The third-order valence-electron chi connectivity index (χ3n) is 2.39. The first-order valence-corrected chi connectivity index (χ1v) is 5.47. The van der Waals surface area contributed by atoms with E-state index in [9.17, 15) is 0 Å². The first kappa shape index (κ1) is 12.1. The van der Waals surface area contributed by atoms with E-state index in [1.807, 2.05) is 18.8 Å². The van der Waals surface area contributed by atoms with Crippen LogP contribution in [0.15, 0.2) is 6.33 Å². The molecule has 0 amide bonds. The minimum atomic E-state index is 0.881. The summed E-state index contributed by atoms with van der Waals surface area (Å²) in [6.45, 7) is 6.25. The summed E-state index contributed by atoms with van der Waals surface area (Å²) in [5.74, 6) is 1.03. The van der Waals surface area contributed by atoms with Gasteiger partial charge in [0.15, 0.2) is 0 Å². The van der Waals surface area contributed by atoms with Gasteiger partial charge in [0, 0.05) is 20.1 Å². The van der Waals surface area contributed by atoms with Crippen molar-refractivity contribution in [1.29, 1.82) is 0 Å². The number of aromatic nitrogens is 3. The van der Waals surface area contributed by atoms with Crippen LogP contribution in [0.3, 0.4) is 0 Å². The quantitative estimate of drug-likeness (QED) is 0.702. The SMILES string of the molecule is CCCN(CCNC)Cc1ncnn1C. The number of hydrogen-bond acceptors (Lipinski definition) is 4. The highest BCUT2D eigenvalue weighted by molar-refractivity contribution is 4.83. The van der Waals surface area contributed by atoms with Crippen LogP contribution in [0.1, 0.15) is 19.2 Å². The lowest BCUT2D eigenvalue weighted by molar-refractivity contribution is 0.257. The molecule has 0 atom stereocenters. The molecule has 1 heterocycles. The molecular formula is C10H21N5. The molecule has 0 aliphatic carbocycles. The van der Waals surface area contributed by atoms with Crippen LogP contribution in [-0.2, 0) is 13.6 Å². The number of hydrogen-bond donors (Lipinski definition) is 1. The van der Waals surface area contributed by atoms with Crippen LogP contribution in [0.2, 0.25) is 0 Å². The van der Waals surface area contributed by atoms with Crippen molar-refractivity contribution < 1.29 is 0 Å². The van der Waals surface area contributed by atoms with E-state index >= 15 is 0 Å². The summed E-state index contributed by atoms with van der Waals surface area (Å²) < 4.78 is 1.84. The molecule has 86 valence electrons. The number of rotatable bonds is 7. The fourth-order valence-electron chi connectivity index (χ4n) is 1.52. The van der Waals surface area contributed by atoms with E-state index in [1.165, 1.54) is 6.42 Å². The van der Waals surface area contributed by atoms with Crippen LogP contribution < -0.4 is 5.32 Å². The number of nitrogens with zero attached hydrogens (tertiary/aromatic N) is 4. The van der Waals surface area contributed by atoms with Gasteiger partial charge in [-0.2, -0.15) is 5.10 Å². The van der Waals surface area contributed by atoms with E-state index in [1.54, 1.807) is 6.33 Å². The van der Waals surface area contributed by atoms with Gasteiger partial charge in [0.1, 0.15) is 12.2 Å². The molecule has 1 rings (SSSR count). The smallest absolute Gasteiger partial charge is 0.140 e. The zero-order valence-electron chi connectivity index (χ0n) is 9.90. The summed E-state index contributed by atoms with van der Waals surface area (Å²) in [5.41, 5.74) is 0. The van der Waals surface area contributed by atoms with Crippen LogP contribution in [0.4, 0.5) is 0 Å². The first-order valence-electron chi connectivity index (χ1n) is 5.47. The van der Waals surface area contributed by atoms with Gasteiger partial charge in [0.05, 0.1) is 6.54 Å². The van der Waals surface area contributed by atoms with Crippen LogP contribution in [0, 0.1) is 0 Å². The van der Waals surface area contributed by atoms with Crippen molar-refractivity contribution in [3.05, 3.63) is 12.2 Å². The lowest BCUT2D eigenvalue weighted by Gasteiger charge is -2.20. The summed E-state index contributed by atoms with van der Waals surface area (Å²) in [4.78, 5) is 6.63. The second-order valence-electron chi connectivity index (χ2n) is 3.68. The average Bonchev–Trinajstić information content (AvgIpc) is 2.61. The highest BCUT2D eigenvalue weighted by Crippen LogP contribution is 2.00. The Morgan fingerprint density at radius 2 is 2.27 bits per heavy atom. The lowest BCUT2D eigenvalue weighted by atomic mass is 10.3. The van der Waals surface area contributed by atoms with Gasteiger partial charge in [-0.15, -0.1) is 0 Å². The molecule has 0 saturated carbocycles. The van der Waals surface area contributed by atoms with Crippen molar-refractivity contribution in [2.24, 2.45) is 7.05 Å². The normalized spacial score (nSPS) is 11.2. The van der Waals surface area contributed by atoms with Gasteiger partial charge in [0.2, 0.25) is 0 Å². The topological polar surface area (TPSA) is 46.0 Å². The number of likely N-dealkylation sites (N-methyl/N-ethyl adjacent to an activating group) is 1. The highest BCUT2D eigenvalue weighted by atomic mass is 15.3. The van der Waals surface area contributed by atoms with Gasteiger partial charge in [-0.3, -0.25) is 9.58 Å². The van der Waals surface area contributed by atoms with Crippen molar-refractivity contribution in [2.45, 2.75) is 19.9 Å². The third-order valence-corrected chi connectivity index (χ3v) is 2.39. The Morgan fingerprint density at radius 3 is 2.80 bits per heavy atom. The largest absolute Gasteiger partial charge is 0.318 e. The lowest BCUT2D eigenvalue weighted by Crippen LogP contribution is -2.32. The molecule has 0 spiro atoms. The standard InChI is InChI=1S/C10H21N5/c1-4-6-15(7-5-11-2)8-10-12-9-13-14(10)3/h9,11H,4-8H2,1-3H3. The Balaban J connectivity index is 2.46. The summed E-state index contributed by atoms with van der Waals surface area (Å²) in [7, 11) is 3.91. The molecule has 1 aromatic rings. The molecule has 0 aliphatic rings. The van der Waals surface area contributed by atoms with Crippen molar-refractivity contribution in [1.82, 2.24) is 25.0 Å². The molecule has 0 unspecified atom stereocenters. The number of nitrogens with one attached hydrogen (secondary N) is 1. The summed E-state index contributed by atoms with van der Waals surface area (Å²) in [6, 6.07) is 0. The summed E-state index contributed by atoms with van der Waals surface area (Å²) >= 11 is 0. The van der Waals surface area contributed by atoms with E-state index in [-0.39, 0.29) is 0 Å². The van der Waals surface area contributed by atoms with E-state index in [0.29, 0.717) is 0 Å². The molecule has 15 heavy (non-hydrogen) atoms. The molecule has 0 aromatic carbocycles. The maximum Gasteiger partial charge on any atom is 0.140 e.